The highest BCUT2D eigenvalue weighted by molar-refractivity contribution is 7.99. The van der Waals surface area contributed by atoms with E-state index in [1.54, 1.807) is 25.7 Å². The fourth-order valence-electron chi connectivity index (χ4n) is 1.45. The molecule has 1 amide bonds. The lowest BCUT2D eigenvalue weighted by Crippen LogP contribution is -2.28. The van der Waals surface area contributed by atoms with E-state index in [1.807, 2.05) is 0 Å². The quantitative estimate of drug-likeness (QED) is 0.784. The van der Waals surface area contributed by atoms with Gasteiger partial charge in [0.25, 0.3) is 0 Å². The van der Waals surface area contributed by atoms with Crippen LogP contribution in [0.25, 0.3) is 0 Å². The summed E-state index contributed by atoms with van der Waals surface area (Å²) in [6, 6.07) is 0. The molecule has 7 heteroatoms. The van der Waals surface area contributed by atoms with Gasteiger partial charge in [0.15, 0.2) is 0 Å². The molecule has 1 aromatic heterocycles. The number of thioether (sulfide) groups is 1. The second kappa shape index (κ2) is 7.49. The predicted octanol–water partition coefficient (Wildman–Crippen LogP) is 2.65. The summed E-state index contributed by atoms with van der Waals surface area (Å²) in [7, 11) is 1.60. The van der Waals surface area contributed by atoms with Gasteiger partial charge in [0.05, 0.1) is 11.4 Å². The van der Waals surface area contributed by atoms with Gasteiger partial charge in [0.1, 0.15) is 10.6 Å². The summed E-state index contributed by atoms with van der Waals surface area (Å²) in [6.45, 7) is 3.74. The van der Waals surface area contributed by atoms with Crippen LogP contribution in [0.3, 0.4) is 0 Å². The molecule has 106 valence electrons. The Kier molecular flexibility index (Phi) is 6.30. The Bertz CT molecular complexity index is 460. The zero-order chi connectivity index (χ0) is 14.4. The molecular weight excluding hydrogens is 284 g/mol. The maximum atomic E-state index is 12.0. The van der Waals surface area contributed by atoms with E-state index in [2.05, 4.69) is 11.3 Å². The summed E-state index contributed by atoms with van der Waals surface area (Å²) >= 11 is 2.63. The number of carboxylic acid groups (broad SMARTS) is 1. The van der Waals surface area contributed by atoms with Gasteiger partial charge in [0.2, 0.25) is 5.91 Å². The number of anilines is 1. The van der Waals surface area contributed by atoms with E-state index in [-0.39, 0.29) is 11.5 Å². The number of unbranched alkanes of at least 4 members (excludes halogenated alkanes) is 1. The summed E-state index contributed by atoms with van der Waals surface area (Å²) in [5, 5.41) is 9.54. The van der Waals surface area contributed by atoms with Crippen LogP contribution in [0.2, 0.25) is 0 Å². The van der Waals surface area contributed by atoms with Crippen LogP contribution in [0.15, 0.2) is 0 Å². The molecule has 1 heterocycles. The smallest absolute Gasteiger partial charge is 0.340 e. The lowest BCUT2D eigenvalue weighted by Gasteiger charge is -2.15. The first-order valence-corrected chi connectivity index (χ1v) is 7.95. The van der Waals surface area contributed by atoms with E-state index in [0.29, 0.717) is 16.4 Å². The number of amides is 1. The van der Waals surface area contributed by atoms with Crippen molar-refractivity contribution in [3.05, 3.63) is 11.3 Å². The minimum Gasteiger partial charge on any atom is -0.478 e. The van der Waals surface area contributed by atoms with Crippen molar-refractivity contribution in [3.8, 4) is 0 Å². The Morgan fingerprint density at radius 2 is 2.16 bits per heavy atom. The SMILES string of the molecule is CCCCSCC(=O)N(C)c1snc(C)c1C(=O)O. The van der Waals surface area contributed by atoms with Crippen molar-refractivity contribution >= 4 is 40.2 Å². The number of hydrogen-bond donors (Lipinski definition) is 1. The van der Waals surface area contributed by atoms with Crippen LogP contribution in [0.5, 0.6) is 0 Å². The van der Waals surface area contributed by atoms with E-state index in [9.17, 15) is 9.59 Å². The minimum atomic E-state index is -1.04. The molecule has 1 aromatic rings. The number of hydrogen-bond acceptors (Lipinski definition) is 5. The monoisotopic (exact) mass is 302 g/mol. The minimum absolute atomic E-state index is 0.0905. The lowest BCUT2D eigenvalue weighted by molar-refractivity contribution is -0.115. The third kappa shape index (κ3) is 4.21. The van der Waals surface area contributed by atoms with Gasteiger partial charge in [-0.3, -0.25) is 4.79 Å². The third-order valence-electron chi connectivity index (χ3n) is 2.61. The van der Waals surface area contributed by atoms with Gasteiger partial charge >= 0.3 is 5.97 Å². The lowest BCUT2D eigenvalue weighted by atomic mass is 10.2. The van der Waals surface area contributed by atoms with E-state index >= 15 is 0 Å². The van der Waals surface area contributed by atoms with Crippen LogP contribution < -0.4 is 4.90 Å². The number of rotatable bonds is 7. The molecule has 19 heavy (non-hydrogen) atoms. The third-order valence-corrected chi connectivity index (χ3v) is 4.65. The highest BCUT2D eigenvalue weighted by Gasteiger charge is 2.23. The normalized spacial score (nSPS) is 10.5. The molecule has 0 spiro atoms. The maximum absolute atomic E-state index is 12.0. The van der Waals surface area contributed by atoms with Crippen molar-refractivity contribution in [2.24, 2.45) is 0 Å². The molecule has 5 nitrogen and oxygen atoms in total. The van der Waals surface area contributed by atoms with E-state index in [4.69, 9.17) is 5.11 Å². The van der Waals surface area contributed by atoms with Gasteiger partial charge in [0, 0.05) is 7.05 Å². The number of carbonyl (C=O) groups is 2. The molecule has 0 saturated heterocycles. The highest BCUT2D eigenvalue weighted by Crippen LogP contribution is 2.28. The molecular formula is C12H18N2O3S2. The van der Waals surface area contributed by atoms with E-state index in [1.165, 1.54) is 4.90 Å². The molecule has 0 bridgehead atoms. The Balaban J connectivity index is 2.69. The Morgan fingerprint density at radius 3 is 2.74 bits per heavy atom. The van der Waals surface area contributed by atoms with Crippen LogP contribution >= 0.6 is 23.3 Å². The number of aromatic carboxylic acids is 1. The van der Waals surface area contributed by atoms with Crippen molar-refractivity contribution in [2.75, 3.05) is 23.5 Å². The number of aryl methyl sites for hydroxylation is 1. The second-order valence-electron chi connectivity index (χ2n) is 4.11. The first-order valence-electron chi connectivity index (χ1n) is 6.02. The van der Waals surface area contributed by atoms with Gasteiger partial charge in [-0.05, 0) is 30.6 Å². The molecule has 0 unspecified atom stereocenters. The predicted molar refractivity (Wildman–Crippen MR) is 79.5 cm³/mol. The molecule has 0 aliphatic heterocycles. The number of carbonyl (C=O) groups excluding carboxylic acids is 1. The number of aromatic nitrogens is 1. The van der Waals surface area contributed by atoms with Crippen molar-refractivity contribution in [3.63, 3.8) is 0 Å². The van der Waals surface area contributed by atoms with Crippen LogP contribution in [0.1, 0.15) is 35.8 Å². The van der Waals surface area contributed by atoms with Gasteiger partial charge in [-0.1, -0.05) is 13.3 Å². The van der Waals surface area contributed by atoms with E-state index in [0.717, 1.165) is 30.1 Å². The summed E-state index contributed by atoms with van der Waals surface area (Å²) in [6.07, 6.45) is 2.19. The summed E-state index contributed by atoms with van der Waals surface area (Å²) < 4.78 is 4.01. The fraction of sp³-hybridized carbons (Fsp3) is 0.583. The Labute approximate surface area is 121 Å². The maximum Gasteiger partial charge on any atom is 0.340 e. The van der Waals surface area contributed by atoms with E-state index < -0.39 is 5.97 Å². The van der Waals surface area contributed by atoms with Crippen molar-refractivity contribution < 1.29 is 14.7 Å². The summed E-state index contributed by atoms with van der Waals surface area (Å²) in [4.78, 5) is 24.5. The molecule has 0 saturated carbocycles. The molecule has 0 atom stereocenters. The summed E-state index contributed by atoms with van der Waals surface area (Å²) in [5.74, 6) is 0.183. The summed E-state index contributed by atoms with van der Waals surface area (Å²) in [5.41, 5.74) is 0.574. The zero-order valence-corrected chi connectivity index (χ0v) is 12.9. The molecule has 0 fully saturated rings. The van der Waals surface area contributed by atoms with Crippen LogP contribution in [-0.4, -0.2) is 39.9 Å². The van der Waals surface area contributed by atoms with Crippen molar-refractivity contribution in [1.29, 1.82) is 0 Å². The topological polar surface area (TPSA) is 70.5 Å². The second-order valence-corrected chi connectivity index (χ2v) is 5.97. The number of carboxylic acids is 1. The Morgan fingerprint density at radius 1 is 1.47 bits per heavy atom. The van der Waals surface area contributed by atoms with Gasteiger partial charge in [-0.25, -0.2) is 4.79 Å². The Hall–Kier alpha value is -1.08. The highest BCUT2D eigenvalue weighted by atomic mass is 32.2. The first kappa shape index (κ1) is 16.0. The molecule has 1 N–H and O–H groups in total. The van der Waals surface area contributed by atoms with Gasteiger partial charge < -0.3 is 10.0 Å². The van der Waals surface area contributed by atoms with Crippen LogP contribution in [0, 0.1) is 6.92 Å². The van der Waals surface area contributed by atoms with Crippen molar-refractivity contribution in [2.45, 2.75) is 26.7 Å². The zero-order valence-electron chi connectivity index (χ0n) is 11.3. The molecule has 1 rings (SSSR count). The molecule has 0 radical (unpaired) electrons. The number of nitrogens with zero attached hydrogens (tertiary/aromatic N) is 2. The molecule has 0 aromatic carbocycles. The van der Waals surface area contributed by atoms with Gasteiger partial charge in [-0.2, -0.15) is 16.1 Å². The van der Waals surface area contributed by atoms with Crippen LogP contribution in [0.4, 0.5) is 5.00 Å². The standard InChI is InChI=1S/C12H18N2O3S2/c1-4-5-6-18-7-9(15)14(3)11-10(12(16)17)8(2)13-19-11/h4-7H2,1-3H3,(H,16,17). The largest absolute Gasteiger partial charge is 0.478 e. The first-order chi connectivity index (χ1) is 8.99. The fourth-order valence-corrected chi connectivity index (χ4v) is 3.32. The molecule has 0 aliphatic rings. The average molecular weight is 302 g/mol. The van der Waals surface area contributed by atoms with Gasteiger partial charge in [-0.15, -0.1) is 0 Å². The van der Waals surface area contributed by atoms with Crippen molar-refractivity contribution in [1.82, 2.24) is 4.37 Å². The molecule has 0 aliphatic carbocycles. The average Bonchev–Trinajstić information content (AvgIpc) is 2.75. The van der Waals surface area contributed by atoms with Crippen LogP contribution in [-0.2, 0) is 4.79 Å².